The number of aromatic hydroxyl groups is 1. The molecular weight excluding hydrogens is 444 g/mol. The maximum Gasteiger partial charge on any atom is 0.310 e. The fourth-order valence-corrected chi connectivity index (χ4v) is 3.41. The Bertz CT molecular complexity index is 981. The Morgan fingerprint density at radius 3 is 2.43 bits per heavy atom. The highest BCUT2D eigenvalue weighted by Crippen LogP contribution is 2.30. The number of benzene rings is 1. The first-order chi connectivity index (χ1) is 16.4. The number of aliphatic hydroxyl groups is 1. The number of esters is 1. The smallest absolute Gasteiger partial charge is 0.310 e. The van der Waals surface area contributed by atoms with Crippen molar-refractivity contribution in [3.63, 3.8) is 0 Å². The number of allylic oxidation sites excluding steroid dienone is 4. The highest BCUT2D eigenvalue weighted by atomic mass is 16.5. The Morgan fingerprint density at radius 2 is 1.83 bits per heavy atom. The van der Waals surface area contributed by atoms with Crippen LogP contribution >= 0.6 is 0 Å². The zero-order valence-electron chi connectivity index (χ0n) is 21.9. The summed E-state index contributed by atoms with van der Waals surface area (Å²) in [5.41, 5.74) is 2.58. The van der Waals surface area contributed by atoms with Gasteiger partial charge in [0.1, 0.15) is 23.2 Å². The molecule has 192 valence electrons. The minimum absolute atomic E-state index is 0.00592. The van der Waals surface area contributed by atoms with E-state index < -0.39 is 17.7 Å². The lowest BCUT2D eigenvalue weighted by Crippen LogP contribution is -2.30. The molecule has 0 radical (unpaired) electrons. The van der Waals surface area contributed by atoms with Crippen LogP contribution in [0.25, 0.3) is 0 Å². The van der Waals surface area contributed by atoms with Crippen molar-refractivity contribution in [3.8, 4) is 11.5 Å². The number of ketones is 1. The van der Waals surface area contributed by atoms with Crippen LogP contribution < -0.4 is 4.74 Å². The second kappa shape index (κ2) is 14.3. The first-order valence-corrected chi connectivity index (χ1v) is 11.8. The number of hydrogen-bond donors (Lipinski definition) is 2. The normalized spacial score (nSPS) is 14.5. The van der Waals surface area contributed by atoms with Gasteiger partial charge in [-0.1, -0.05) is 29.9 Å². The Labute approximate surface area is 209 Å². The second-order valence-electron chi connectivity index (χ2n) is 9.27. The number of hydrogen-bond acceptors (Lipinski definition) is 6. The van der Waals surface area contributed by atoms with Crippen LogP contribution in [0.3, 0.4) is 0 Å². The molecular formula is C29H40O6. The summed E-state index contributed by atoms with van der Waals surface area (Å²) in [6.07, 6.45) is 9.11. The lowest BCUT2D eigenvalue weighted by atomic mass is 9.97. The number of carbonyl (C=O) groups excluding carboxylic acids is 2. The molecule has 35 heavy (non-hydrogen) atoms. The molecule has 0 fully saturated rings. The third-order valence-electron chi connectivity index (χ3n) is 5.65. The Balaban J connectivity index is 2.73. The van der Waals surface area contributed by atoms with E-state index in [0.29, 0.717) is 23.3 Å². The molecule has 6 nitrogen and oxygen atoms in total. The Hall–Kier alpha value is -3.12. The van der Waals surface area contributed by atoms with Gasteiger partial charge in [0.25, 0.3) is 0 Å². The van der Waals surface area contributed by atoms with E-state index >= 15 is 0 Å². The monoisotopic (exact) mass is 484 g/mol. The average molecular weight is 485 g/mol. The van der Waals surface area contributed by atoms with Crippen LogP contribution in [0, 0.1) is 0 Å². The number of phenolic OH excluding ortho intramolecular Hbond substituents is 1. The summed E-state index contributed by atoms with van der Waals surface area (Å²) < 4.78 is 11.0. The molecule has 1 aromatic rings. The third kappa shape index (κ3) is 10.8. The first kappa shape index (κ1) is 29.9. The summed E-state index contributed by atoms with van der Waals surface area (Å²) in [7, 11) is 1.32. The van der Waals surface area contributed by atoms with Crippen LogP contribution in [0.15, 0.2) is 65.8 Å². The zero-order valence-corrected chi connectivity index (χ0v) is 21.9. The van der Waals surface area contributed by atoms with Crippen molar-refractivity contribution >= 4 is 11.8 Å². The standard InChI is InChI=1S/C29H40O6/c1-8-29(6,35-26-15-14-24(30)18-23(26)19-27(32)34-7)16-10-12-21(4)11-9-13-22(5)28(33)25(31)17-20(2)3/h8,12-15,17-18,28,30,33H,1,9-11,16,19H2,2-7H3/b21-12+,22-13+/t28-,29?/m0/s1. The topological polar surface area (TPSA) is 93.1 Å². The molecule has 2 N–H and O–H groups in total. The number of rotatable bonds is 14. The summed E-state index contributed by atoms with van der Waals surface area (Å²) in [5, 5.41) is 19.9. The van der Waals surface area contributed by atoms with Gasteiger partial charge in [0.05, 0.1) is 13.5 Å². The Kier molecular flexibility index (Phi) is 12.2. The number of ether oxygens (including phenoxy) is 2. The van der Waals surface area contributed by atoms with Crippen molar-refractivity contribution in [3.05, 3.63) is 71.4 Å². The Morgan fingerprint density at radius 1 is 1.14 bits per heavy atom. The predicted octanol–water partition coefficient (Wildman–Crippen LogP) is 5.78. The molecule has 1 rings (SSSR count). The van der Waals surface area contributed by atoms with Gasteiger partial charge in [-0.05, 0) is 96.2 Å². The molecule has 0 saturated carbocycles. The minimum Gasteiger partial charge on any atom is -0.508 e. The first-order valence-electron chi connectivity index (χ1n) is 11.8. The van der Waals surface area contributed by atoms with E-state index in [9.17, 15) is 19.8 Å². The lowest BCUT2D eigenvalue weighted by Gasteiger charge is -2.28. The highest BCUT2D eigenvalue weighted by Gasteiger charge is 2.24. The van der Waals surface area contributed by atoms with Crippen LogP contribution in [0.2, 0.25) is 0 Å². The SMILES string of the molecule is C=CC(C)(CC/C=C(\C)CC/C=C(\C)[C@H](O)C(=O)C=C(C)C)Oc1ccc(O)cc1CC(=O)OC. The van der Waals surface area contributed by atoms with Crippen LogP contribution in [-0.2, 0) is 20.7 Å². The number of aliphatic hydroxyl groups excluding tert-OH is 1. The van der Waals surface area contributed by atoms with Crippen LogP contribution in [0.1, 0.15) is 65.9 Å². The summed E-state index contributed by atoms with van der Waals surface area (Å²) in [6, 6.07) is 4.66. The second-order valence-corrected chi connectivity index (χ2v) is 9.27. The molecule has 6 heteroatoms. The van der Waals surface area contributed by atoms with E-state index in [4.69, 9.17) is 9.47 Å². The van der Waals surface area contributed by atoms with Crippen LogP contribution in [0.5, 0.6) is 11.5 Å². The van der Waals surface area contributed by atoms with Gasteiger partial charge in [-0.25, -0.2) is 0 Å². The molecule has 0 heterocycles. The van der Waals surface area contributed by atoms with Crippen molar-refractivity contribution in [2.24, 2.45) is 0 Å². The number of methoxy groups -OCH3 is 1. The summed E-state index contributed by atoms with van der Waals surface area (Å²) in [6.45, 7) is 13.3. The summed E-state index contributed by atoms with van der Waals surface area (Å²) in [4.78, 5) is 23.7. The van der Waals surface area contributed by atoms with E-state index in [2.05, 4.69) is 19.6 Å². The van der Waals surface area contributed by atoms with E-state index in [1.807, 2.05) is 26.8 Å². The minimum atomic E-state index is -1.09. The van der Waals surface area contributed by atoms with E-state index in [0.717, 1.165) is 24.8 Å². The van der Waals surface area contributed by atoms with Crippen molar-refractivity contribution < 1.29 is 29.3 Å². The molecule has 0 saturated heterocycles. The van der Waals surface area contributed by atoms with Gasteiger partial charge >= 0.3 is 5.97 Å². The van der Waals surface area contributed by atoms with Crippen molar-refractivity contribution in [2.45, 2.75) is 78.4 Å². The van der Waals surface area contributed by atoms with Gasteiger partial charge in [0, 0.05) is 5.56 Å². The average Bonchev–Trinajstić information content (AvgIpc) is 2.79. The summed E-state index contributed by atoms with van der Waals surface area (Å²) >= 11 is 0. The molecule has 0 bridgehead atoms. The highest BCUT2D eigenvalue weighted by molar-refractivity contribution is 5.95. The van der Waals surface area contributed by atoms with Gasteiger partial charge in [0.15, 0.2) is 5.78 Å². The zero-order chi connectivity index (χ0) is 26.6. The largest absolute Gasteiger partial charge is 0.508 e. The van der Waals surface area contributed by atoms with E-state index in [-0.39, 0.29) is 18.0 Å². The van der Waals surface area contributed by atoms with Crippen LogP contribution in [-0.4, -0.2) is 40.8 Å². The molecule has 1 unspecified atom stereocenters. The quantitative estimate of drug-likeness (QED) is 0.197. The fraction of sp³-hybridized carbons (Fsp3) is 0.448. The maximum absolute atomic E-state index is 12.0. The molecule has 2 atom stereocenters. The van der Waals surface area contributed by atoms with Gasteiger partial charge in [0.2, 0.25) is 0 Å². The molecule has 0 aliphatic carbocycles. The molecule has 0 aromatic heterocycles. The number of carbonyl (C=O) groups is 2. The van der Waals surface area contributed by atoms with Gasteiger partial charge in [-0.3, -0.25) is 9.59 Å². The molecule has 0 amide bonds. The van der Waals surface area contributed by atoms with Gasteiger partial charge in [-0.2, -0.15) is 0 Å². The summed E-state index contributed by atoms with van der Waals surface area (Å²) in [5.74, 6) is -0.165. The van der Waals surface area contributed by atoms with Crippen molar-refractivity contribution in [1.82, 2.24) is 0 Å². The molecule has 0 aliphatic heterocycles. The fourth-order valence-electron chi connectivity index (χ4n) is 3.41. The van der Waals surface area contributed by atoms with E-state index in [1.54, 1.807) is 19.1 Å². The molecule has 1 aromatic carbocycles. The van der Waals surface area contributed by atoms with Gasteiger partial charge in [-0.15, -0.1) is 0 Å². The molecule has 0 spiro atoms. The van der Waals surface area contributed by atoms with Gasteiger partial charge < -0.3 is 19.7 Å². The maximum atomic E-state index is 12.0. The predicted molar refractivity (Wildman–Crippen MR) is 139 cm³/mol. The lowest BCUT2D eigenvalue weighted by molar-refractivity contribution is -0.139. The number of phenols is 1. The molecule has 0 aliphatic rings. The van der Waals surface area contributed by atoms with E-state index in [1.165, 1.54) is 30.9 Å². The van der Waals surface area contributed by atoms with Crippen molar-refractivity contribution in [2.75, 3.05) is 7.11 Å². The van der Waals surface area contributed by atoms with Crippen molar-refractivity contribution in [1.29, 1.82) is 0 Å². The van der Waals surface area contributed by atoms with Crippen LogP contribution in [0.4, 0.5) is 0 Å². The third-order valence-corrected chi connectivity index (χ3v) is 5.65.